The molecule has 2 heteroatoms. The standard InChI is InChI=1S/C14H22N2/c1-6-16(14(15)10(2)3)13-11(4)8-7-9-12(13)5/h7-10,15H,6H2,1-5H3. The third-order valence-corrected chi connectivity index (χ3v) is 2.86. The minimum Gasteiger partial charge on any atom is -0.330 e. The Morgan fingerprint density at radius 1 is 1.25 bits per heavy atom. The van der Waals surface area contributed by atoms with Crippen molar-refractivity contribution in [1.82, 2.24) is 0 Å². The van der Waals surface area contributed by atoms with Gasteiger partial charge in [-0.1, -0.05) is 32.0 Å². The summed E-state index contributed by atoms with van der Waals surface area (Å²) < 4.78 is 0. The first-order valence-corrected chi connectivity index (χ1v) is 5.91. The molecule has 0 radical (unpaired) electrons. The Hall–Kier alpha value is -1.31. The lowest BCUT2D eigenvalue weighted by atomic mass is 10.1. The van der Waals surface area contributed by atoms with Gasteiger partial charge in [0.2, 0.25) is 0 Å². The van der Waals surface area contributed by atoms with Gasteiger partial charge in [-0.15, -0.1) is 0 Å². The van der Waals surface area contributed by atoms with Crippen LogP contribution in [0, 0.1) is 25.2 Å². The third-order valence-electron chi connectivity index (χ3n) is 2.86. The molecule has 16 heavy (non-hydrogen) atoms. The van der Waals surface area contributed by atoms with Crippen LogP contribution in [0.1, 0.15) is 31.9 Å². The van der Waals surface area contributed by atoms with E-state index < -0.39 is 0 Å². The highest BCUT2D eigenvalue weighted by molar-refractivity contribution is 5.98. The minimum atomic E-state index is 0.263. The zero-order valence-electron chi connectivity index (χ0n) is 11.0. The molecule has 1 aromatic carbocycles. The van der Waals surface area contributed by atoms with Gasteiger partial charge in [0.1, 0.15) is 5.84 Å². The van der Waals surface area contributed by atoms with E-state index in [0.29, 0.717) is 5.84 Å². The number of hydrogen-bond donors (Lipinski definition) is 1. The molecule has 1 N–H and O–H groups in total. The van der Waals surface area contributed by atoms with Gasteiger partial charge in [-0.25, -0.2) is 0 Å². The van der Waals surface area contributed by atoms with E-state index in [9.17, 15) is 0 Å². The summed E-state index contributed by atoms with van der Waals surface area (Å²) in [7, 11) is 0. The van der Waals surface area contributed by atoms with Crippen LogP contribution in [0.2, 0.25) is 0 Å². The van der Waals surface area contributed by atoms with Crippen molar-refractivity contribution < 1.29 is 0 Å². The van der Waals surface area contributed by atoms with E-state index in [1.54, 1.807) is 0 Å². The van der Waals surface area contributed by atoms with Gasteiger partial charge in [0.05, 0.1) is 0 Å². The molecule has 0 unspecified atom stereocenters. The molecule has 0 aromatic heterocycles. The fourth-order valence-electron chi connectivity index (χ4n) is 1.99. The van der Waals surface area contributed by atoms with Crippen molar-refractivity contribution >= 4 is 11.5 Å². The van der Waals surface area contributed by atoms with Crippen LogP contribution >= 0.6 is 0 Å². The van der Waals surface area contributed by atoms with Crippen LogP contribution in [-0.4, -0.2) is 12.4 Å². The summed E-state index contributed by atoms with van der Waals surface area (Å²) in [5, 5.41) is 8.16. The normalized spacial score (nSPS) is 10.6. The second-order valence-electron chi connectivity index (χ2n) is 4.52. The highest BCUT2D eigenvalue weighted by atomic mass is 15.2. The topological polar surface area (TPSA) is 27.1 Å². The van der Waals surface area contributed by atoms with Crippen LogP contribution in [0.3, 0.4) is 0 Å². The summed E-state index contributed by atoms with van der Waals surface area (Å²) in [6.07, 6.45) is 0. The predicted octanol–water partition coefficient (Wildman–Crippen LogP) is 3.76. The van der Waals surface area contributed by atoms with Gasteiger partial charge in [0, 0.05) is 18.2 Å². The third kappa shape index (κ3) is 2.43. The average molecular weight is 218 g/mol. The molecule has 0 amide bonds. The number of para-hydroxylation sites is 1. The van der Waals surface area contributed by atoms with Crippen molar-refractivity contribution in [2.75, 3.05) is 11.4 Å². The molecule has 1 aromatic rings. The van der Waals surface area contributed by atoms with Crippen LogP contribution in [-0.2, 0) is 0 Å². The Balaban J connectivity index is 3.18. The molecule has 0 heterocycles. The highest BCUT2D eigenvalue weighted by Gasteiger charge is 2.16. The maximum atomic E-state index is 8.16. The van der Waals surface area contributed by atoms with Crippen LogP contribution in [0.5, 0.6) is 0 Å². The van der Waals surface area contributed by atoms with Crippen LogP contribution in [0.4, 0.5) is 5.69 Å². The summed E-state index contributed by atoms with van der Waals surface area (Å²) in [5.41, 5.74) is 3.68. The Bertz CT molecular complexity index is 360. The molecule has 0 aliphatic carbocycles. The van der Waals surface area contributed by atoms with E-state index in [-0.39, 0.29) is 5.92 Å². The van der Waals surface area contributed by atoms with Crippen LogP contribution in [0.25, 0.3) is 0 Å². The summed E-state index contributed by atoms with van der Waals surface area (Å²) >= 11 is 0. The molecule has 0 atom stereocenters. The molecular weight excluding hydrogens is 196 g/mol. The number of anilines is 1. The number of nitrogens with zero attached hydrogens (tertiary/aromatic N) is 1. The monoisotopic (exact) mass is 218 g/mol. The smallest absolute Gasteiger partial charge is 0.103 e. The van der Waals surface area contributed by atoms with Gasteiger partial charge >= 0.3 is 0 Å². The van der Waals surface area contributed by atoms with E-state index in [1.165, 1.54) is 16.8 Å². The lowest BCUT2D eigenvalue weighted by Gasteiger charge is -2.29. The second kappa shape index (κ2) is 5.15. The highest BCUT2D eigenvalue weighted by Crippen LogP contribution is 2.25. The van der Waals surface area contributed by atoms with Crippen molar-refractivity contribution in [3.63, 3.8) is 0 Å². The van der Waals surface area contributed by atoms with E-state index in [1.807, 2.05) is 0 Å². The fraction of sp³-hybridized carbons (Fsp3) is 0.500. The Labute approximate surface area is 98.8 Å². The molecule has 2 nitrogen and oxygen atoms in total. The number of rotatable bonds is 3. The lowest BCUT2D eigenvalue weighted by molar-refractivity contribution is 0.829. The minimum absolute atomic E-state index is 0.263. The second-order valence-corrected chi connectivity index (χ2v) is 4.52. The first kappa shape index (κ1) is 12.8. The number of amidine groups is 1. The van der Waals surface area contributed by atoms with E-state index in [4.69, 9.17) is 5.41 Å². The Morgan fingerprint density at radius 2 is 1.75 bits per heavy atom. The van der Waals surface area contributed by atoms with Crippen molar-refractivity contribution in [3.05, 3.63) is 29.3 Å². The first-order chi connectivity index (χ1) is 7.49. The lowest BCUT2D eigenvalue weighted by Crippen LogP contribution is -2.34. The predicted molar refractivity (Wildman–Crippen MR) is 71.5 cm³/mol. The van der Waals surface area contributed by atoms with Gasteiger partial charge < -0.3 is 4.90 Å². The van der Waals surface area contributed by atoms with Crippen LogP contribution in [0.15, 0.2) is 18.2 Å². The Kier molecular flexibility index (Phi) is 4.11. The summed E-state index contributed by atoms with van der Waals surface area (Å²) in [6.45, 7) is 11.3. The summed E-state index contributed by atoms with van der Waals surface area (Å²) in [5.74, 6) is 0.957. The van der Waals surface area contributed by atoms with Crippen molar-refractivity contribution in [2.45, 2.75) is 34.6 Å². The zero-order valence-corrected chi connectivity index (χ0v) is 11.0. The van der Waals surface area contributed by atoms with E-state index >= 15 is 0 Å². The van der Waals surface area contributed by atoms with Gasteiger partial charge in [0.25, 0.3) is 0 Å². The molecule has 0 fully saturated rings. The number of nitrogens with one attached hydrogen (secondary N) is 1. The maximum Gasteiger partial charge on any atom is 0.103 e. The van der Waals surface area contributed by atoms with E-state index in [2.05, 4.69) is 57.7 Å². The van der Waals surface area contributed by atoms with Crippen molar-refractivity contribution in [3.8, 4) is 0 Å². The molecule has 0 aliphatic heterocycles. The molecular formula is C14H22N2. The molecule has 88 valence electrons. The summed E-state index contributed by atoms with van der Waals surface area (Å²) in [4.78, 5) is 2.11. The van der Waals surface area contributed by atoms with Crippen LogP contribution < -0.4 is 4.90 Å². The van der Waals surface area contributed by atoms with Gasteiger partial charge in [-0.3, -0.25) is 5.41 Å². The average Bonchev–Trinajstić information content (AvgIpc) is 2.22. The molecule has 0 bridgehead atoms. The number of benzene rings is 1. The Morgan fingerprint density at radius 3 is 2.12 bits per heavy atom. The van der Waals surface area contributed by atoms with E-state index in [0.717, 1.165) is 6.54 Å². The summed E-state index contributed by atoms with van der Waals surface area (Å²) in [6, 6.07) is 6.29. The van der Waals surface area contributed by atoms with Crippen molar-refractivity contribution in [2.24, 2.45) is 5.92 Å². The van der Waals surface area contributed by atoms with Gasteiger partial charge in [0.15, 0.2) is 0 Å². The van der Waals surface area contributed by atoms with Gasteiger partial charge in [-0.05, 0) is 31.9 Å². The molecule has 0 spiro atoms. The van der Waals surface area contributed by atoms with Gasteiger partial charge in [-0.2, -0.15) is 0 Å². The number of hydrogen-bond acceptors (Lipinski definition) is 1. The largest absolute Gasteiger partial charge is 0.330 e. The molecule has 0 saturated carbocycles. The van der Waals surface area contributed by atoms with Crippen molar-refractivity contribution in [1.29, 1.82) is 5.41 Å². The molecule has 0 aliphatic rings. The first-order valence-electron chi connectivity index (χ1n) is 5.91. The zero-order chi connectivity index (χ0) is 12.3. The molecule has 1 rings (SSSR count). The number of aryl methyl sites for hydroxylation is 2. The maximum absolute atomic E-state index is 8.16. The SMILES string of the molecule is CCN(C(=N)C(C)C)c1c(C)cccc1C. The molecule has 0 saturated heterocycles. The quantitative estimate of drug-likeness (QED) is 0.607. The fourth-order valence-corrected chi connectivity index (χ4v) is 1.99.